The van der Waals surface area contributed by atoms with E-state index in [2.05, 4.69) is 18.2 Å². The number of para-hydroxylation sites is 1. The quantitative estimate of drug-likeness (QED) is 0.159. The number of rotatable bonds is 7. The van der Waals surface area contributed by atoms with E-state index in [0.717, 1.165) is 49.1 Å². The molecular weight excluding hydrogens is 594 g/mol. The van der Waals surface area contributed by atoms with Crippen molar-refractivity contribution in [2.24, 2.45) is 0 Å². The summed E-state index contributed by atoms with van der Waals surface area (Å²) >= 11 is 1.73. The van der Waals surface area contributed by atoms with Gasteiger partial charge in [0.2, 0.25) is 0 Å². The zero-order chi connectivity index (χ0) is 33.3. The van der Waals surface area contributed by atoms with Gasteiger partial charge in [-0.3, -0.25) is 0 Å². The third-order valence-corrected chi connectivity index (χ3v) is 9.50. The van der Waals surface area contributed by atoms with Crippen LogP contribution in [0.3, 0.4) is 0 Å². The van der Waals surface area contributed by atoms with Gasteiger partial charge < -0.3 is 4.90 Å². The molecule has 8 aromatic rings. The van der Waals surface area contributed by atoms with E-state index in [4.69, 9.17) is 2.74 Å². The minimum atomic E-state index is -0.348. The molecule has 0 fully saturated rings. The first-order valence-corrected chi connectivity index (χ1v) is 16.4. The van der Waals surface area contributed by atoms with Gasteiger partial charge in [-0.25, -0.2) is 4.39 Å². The Morgan fingerprint density at radius 3 is 1.81 bits per heavy atom. The molecule has 224 valence electrons. The molecular formula is C44H30FNS. The van der Waals surface area contributed by atoms with Crippen molar-refractivity contribution >= 4 is 60.7 Å². The summed E-state index contributed by atoms with van der Waals surface area (Å²) in [6.07, 6.45) is 0. The first-order valence-electron chi connectivity index (χ1n) is 16.5. The first kappa shape index (κ1) is 26.4. The molecule has 0 bridgehead atoms. The zero-order valence-electron chi connectivity index (χ0n) is 27.4. The second-order valence-corrected chi connectivity index (χ2v) is 12.4. The average molecular weight is 626 g/mol. The number of benzene rings is 7. The zero-order valence-corrected chi connectivity index (χ0v) is 26.2. The molecule has 0 N–H and O–H groups in total. The number of thiophene rings is 1. The Hall–Kier alpha value is -5.77. The summed E-state index contributed by atoms with van der Waals surface area (Å²) in [4.78, 5) is 1.93. The molecule has 1 aromatic heterocycles. The summed E-state index contributed by atoms with van der Waals surface area (Å²) in [5.74, 6) is -0.348. The molecule has 1 heterocycles. The number of fused-ring (bicyclic) bond motifs is 3. The molecule has 3 heteroatoms. The molecule has 0 aliphatic carbocycles. The minimum Gasteiger partial charge on any atom is -0.307 e. The van der Waals surface area contributed by atoms with Gasteiger partial charge in [0.15, 0.2) is 0 Å². The van der Waals surface area contributed by atoms with E-state index in [1.54, 1.807) is 17.4 Å². The van der Waals surface area contributed by atoms with Crippen molar-refractivity contribution in [2.75, 3.05) is 4.90 Å². The fourth-order valence-electron chi connectivity index (χ4n) is 6.09. The lowest BCUT2D eigenvalue weighted by atomic mass is 9.95. The maximum atomic E-state index is 16.7. The standard InChI is InChI=1S/C44H30FNS/c45-41-30-35(33-12-4-1-5-13-33)29-39(34-14-6-2-7-15-34)44(41)46(36-16-8-3-9-17-36)37-25-22-31(23-26-37)20-21-32-24-27-43-40(28-32)38-18-10-11-19-42(38)47-43/h1-30H/b21-20+/i20D,21D. The highest BCUT2D eigenvalue weighted by molar-refractivity contribution is 7.25. The van der Waals surface area contributed by atoms with Gasteiger partial charge in [-0.05, 0) is 82.4 Å². The Kier molecular flexibility index (Phi) is 7.06. The van der Waals surface area contributed by atoms with E-state index >= 15 is 4.39 Å². The van der Waals surface area contributed by atoms with Gasteiger partial charge in [0.25, 0.3) is 0 Å². The summed E-state index contributed by atoms with van der Waals surface area (Å²) in [7, 11) is 0. The lowest BCUT2D eigenvalue weighted by molar-refractivity contribution is 0.630. The first-order chi connectivity index (χ1) is 24.0. The van der Waals surface area contributed by atoms with Crippen LogP contribution < -0.4 is 4.90 Å². The summed E-state index contributed by atoms with van der Waals surface area (Å²) in [5.41, 5.74) is 6.68. The number of halogens is 1. The molecule has 7 aromatic carbocycles. The Morgan fingerprint density at radius 1 is 0.489 bits per heavy atom. The minimum absolute atomic E-state index is 0.125. The normalized spacial score (nSPS) is 12.4. The van der Waals surface area contributed by atoms with Gasteiger partial charge in [-0.15, -0.1) is 11.3 Å². The third-order valence-electron chi connectivity index (χ3n) is 8.35. The fourth-order valence-corrected chi connectivity index (χ4v) is 7.17. The van der Waals surface area contributed by atoms with Gasteiger partial charge in [-0.2, -0.15) is 0 Å². The van der Waals surface area contributed by atoms with Gasteiger partial charge in [-0.1, -0.05) is 127 Å². The number of hydrogen-bond acceptors (Lipinski definition) is 2. The topological polar surface area (TPSA) is 3.24 Å². The van der Waals surface area contributed by atoms with E-state index < -0.39 is 0 Å². The van der Waals surface area contributed by atoms with Crippen LogP contribution in [0.5, 0.6) is 0 Å². The maximum Gasteiger partial charge on any atom is 0.148 e. The predicted octanol–water partition coefficient (Wildman–Crippen LogP) is 13.2. The molecule has 0 radical (unpaired) electrons. The Morgan fingerprint density at radius 2 is 1.06 bits per heavy atom. The van der Waals surface area contributed by atoms with Crippen LogP contribution >= 0.6 is 11.3 Å². The lowest BCUT2D eigenvalue weighted by Gasteiger charge is -2.29. The third kappa shape index (κ3) is 5.74. The van der Waals surface area contributed by atoms with Crippen molar-refractivity contribution in [3.05, 3.63) is 187 Å². The van der Waals surface area contributed by atoms with Crippen molar-refractivity contribution in [3.8, 4) is 22.3 Å². The molecule has 0 aliphatic rings. The van der Waals surface area contributed by atoms with Crippen molar-refractivity contribution in [1.29, 1.82) is 0 Å². The van der Waals surface area contributed by atoms with Gasteiger partial charge in [0.1, 0.15) is 5.82 Å². The molecule has 0 spiro atoms. The van der Waals surface area contributed by atoms with E-state index in [1.807, 2.05) is 150 Å². The van der Waals surface area contributed by atoms with E-state index in [9.17, 15) is 0 Å². The largest absolute Gasteiger partial charge is 0.307 e. The van der Waals surface area contributed by atoms with E-state index in [0.29, 0.717) is 16.8 Å². The predicted molar refractivity (Wildman–Crippen MR) is 200 cm³/mol. The fraction of sp³-hybridized carbons (Fsp3) is 0. The molecule has 8 rings (SSSR count). The van der Waals surface area contributed by atoms with Crippen molar-refractivity contribution in [1.82, 2.24) is 0 Å². The molecule has 1 nitrogen and oxygen atoms in total. The average Bonchev–Trinajstić information content (AvgIpc) is 3.54. The maximum absolute atomic E-state index is 16.7. The highest BCUT2D eigenvalue weighted by atomic mass is 32.1. The summed E-state index contributed by atoms with van der Waals surface area (Å²) in [6.45, 7) is 0. The Bertz CT molecular complexity index is 2460. The number of anilines is 3. The molecule has 0 amide bonds. The van der Waals surface area contributed by atoms with Crippen LogP contribution in [0.2, 0.25) is 0 Å². The van der Waals surface area contributed by atoms with Crippen molar-refractivity contribution in [3.63, 3.8) is 0 Å². The van der Waals surface area contributed by atoms with Crippen LogP contribution in [0.15, 0.2) is 170 Å². The monoisotopic (exact) mass is 625 g/mol. The second kappa shape index (κ2) is 12.6. The number of nitrogens with zero attached hydrogens (tertiary/aromatic N) is 1. The smallest absolute Gasteiger partial charge is 0.148 e. The van der Waals surface area contributed by atoms with Gasteiger partial charge in [0, 0.05) is 37.1 Å². The van der Waals surface area contributed by atoms with Gasteiger partial charge >= 0.3 is 0 Å². The highest BCUT2D eigenvalue weighted by Gasteiger charge is 2.22. The van der Waals surface area contributed by atoms with Crippen molar-refractivity contribution < 1.29 is 7.13 Å². The van der Waals surface area contributed by atoms with Crippen LogP contribution in [-0.4, -0.2) is 0 Å². The van der Waals surface area contributed by atoms with Crippen LogP contribution in [-0.2, 0) is 0 Å². The summed E-state index contributed by atoms with van der Waals surface area (Å²) in [5, 5.41) is 2.26. The van der Waals surface area contributed by atoms with E-state index in [-0.39, 0.29) is 17.9 Å². The van der Waals surface area contributed by atoms with Crippen LogP contribution in [0.25, 0.3) is 54.5 Å². The molecule has 0 unspecified atom stereocenters. The molecule has 0 saturated carbocycles. The molecule has 0 saturated heterocycles. The summed E-state index contributed by atoms with van der Waals surface area (Å²) in [6, 6.07) is 55.2. The number of hydrogen-bond donors (Lipinski definition) is 0. The molecule has 47 heavy (non-hydrogen) atoms. The summed E-state index contributed by atoms with van der Waals surface area (Å²) < 4.78 is 37.0. The second-order valence-electron chi connectivity index (χ2n) is 11.4. The molecule has 0 atom stereocenters. The van der Waals surface area contributed by atoms with E-state index in [1.165, 1.54) is 4.70 Å². The highest BCUT2D eigenvalue weighted by Crippen LogP contribution is 2.44. The Labute approximate surface area is 280 Å². The van der Waals surface area contributed by atoms with Crippen molar-refractivity contribution in [2.45, 2.75) is 0 Å². The van der Waals surface area contributed by atoms with Crippen LogP contribution in [0.1, 0.15) is 13.9 Å². The SMILES string of the molecule is [2H]/C(=C(/[2H])c1ccc2sc3ccccc3c2c1)c1ccc(N(c2ccccc2)c2c(F)cc(-c3ccccc3)cc2-c2ccccc2)cc1. The van der Waals surface area contributed by atoms with Crippen LogP contribution in [0, 0.1) is 5.82 Å². The van der Waals surface area contributed by atoms with Gasteiger partial charge in [0.05, 0.1) is 8.43 Å². The molecule has 0 aliphatic heterocycles. The lowest BCUT2D eigenvalue weighted by Crippen LogP contribution is -2.13. The Balaban J connectivity index is 1.23. The van der Waals surface area contributed by atoms with Crippen LogP contribution in [0.4, 0.5) is 21.5 Å².